The molecular weight excluding hydrogens is 140 g/mol. The van der Waals surface area contributed by atoms with Gasteiger partial charge in [-0.3, -0.25) is 0 Å². The summed E-state index contributed by atoms with van der Waals surface area (Å²) in [6.07, 6.45) is 0. The third-order valence-electron chi connectivity index (χ3n) is 1.53. The van der Waals surface area contributed by atoms with Crippen LogP contribution in [0, 0.1) is 0 Å². The van der Waals surface area contributed by atoms with E-state index in [1.165, 1.54) is 0 Å². The highest BCUT2D eigenvalue weighted by atomic mass is 16.5. The smallest absolute Gasteiger partial charge is 0.0587 e. The van der Waals surface area contributed by atoms with Crippen LogP contribution in [0.25, 0.3) is 0 Å². The molecule has 0 unspecified atom stereocenters. The Morgan fingerprint density at radius 2 is 2.00 bits per heavy atom. The van der Waals surface area contributed by atoms with E-state index in [0.29, 0.717) is 0 Å². The van der Waals surface area contributed by atoms with E-state index in [-0.39, 0.29) is 5.54 Å². The van der Waals surface area contributed by atoms with Crippen LogP contribution in [0.3, 0.4) is 0 Å². The zero-order valence-electron chi connectivity index (χ0n) is 8.03. The Balaban J connectivity index is 3.38. The number of rotatable bonds is 6. The molecule has 0 aliphatic rings. The van der Waals surface area contributed by atoms with Crippen LogP contribution in [-0.4, -0.2) is 39.4 Å². The van der Waals surface area contributed by atoms with Gasteiger partial charge in [-0.15, -0.1) is 0 Å². The van der Waals surface area contributed by atoms with Gasteiger partial charge in [0.15, 0.2) is 0 Å². The highest BCUT2D eigenvalue weighted by Gasteiger charge is 2.14. The summed E-state index contributed by atoms with van der Waals surface area (Å²) in [6, 6.07) is 0. The summed E-state index contributed by atoms with van der Waals surface area (Å²) in [6.45, 7) is 6.98. The van der Waals surface area contributed by atoms with Crippen LogP contribution in [0.2, 0.25) is 0 Å². The molecule has 0 heterocycles. The highest BCUT2D eigenvalue weighted by molar-refractivity contribution is 4.78. The van der Waals surface area contributed by atoms with Crippen molar-refractivity contribution in [2.24, 2.45) is 0 Å². The molecule has 0 saturated heterocycles. The molecule has 0 aromatic heterocycles. The minimum atomic E-state index is 0.160. The van der Waals surface area contributed by atoms with E-state index in [1.807, 2.05) is 7.05 Å². The first-order chi connectivity index (χ1) is 5.12. The third kappa shape index (κ3) is 6.28. The average Bonchev–Trinajstić information content (AvgIpc) is 1.87. The van der Waals surface area contributed by atoms with Gasteiger partial charge in [-0.05, 0) is 20.9 Å². The molecule has 11 heavy (non-hydrogen) atoms. The molecule has 0 atom stereocenters. The van der Waals surface area contributed by atoms with Crippen molar-refractivity contribution in [2.75, 3.05) is 33.9 Å². The fraction of sp³-hybridized carbons (Fsp3) is 1.00. The van der Waals surface area contributed by atoms with Crippen molar-refractivity contribution in [3.05, 3.63) is 0 Å². The lowest BCUT2D eigenvalue weighted by atomic mass is 10.1. The molecule has 0 spiro atoms. The molecule has 3 heteroatoms. The van der Waals surface area contributed by atoms with Crippen LogP contribution in [0.5, 0.6) is 0 Å². The first-order valence-corrected chi connectivity index (χ1v) is 4.01. The van der Waals surface area contributed by atoms with Gasteiger partial charge >= 0.3 is 0 Å². The maximum Gasteiger partial charge on any atom is 0.0587 e. The molecule has 0 aliphatic heterocycles. The summed E-state index contributed by atoms with van der Waals surface area (Å²) in [5, 5.41) is 6.50. The summed E-state index contributed by atoms with van der Waals surface area (Å²) in [7, 11) is 3.67. The highest BCUT2D eigenvalue weighted by Crippen LogP contribution is 1.97. The summed E-state index contributed by atoms with van der Waals surface area (Å²) < 4.78 is 4.93. The fourth-order valence-electron chi connectivity index (χ4n) is 0.996. The van der Waals surface area contributed by atoms with Crippen LogP contribution in [-0.2, 0) is 4.74 Å². The van der Waals surface area contributed by atoms with Crippen LogP contribution in [0.1, 0.15) is 13.8 Å². The van der Waals surface area contributed by atoms with E-state index in [2.05, 4.69) is 24.5 Å². The van der Waals surface area contributed by atoms with E-state index < -0.39 is 0 Å². The van der Waals surface area contributed by atoms with Crippen molar-refractivity contribution in [2.45, 2.75) is 19.4 Å². The lowest BCUT2D eigenvalue weighted by molar-refractivity contribution is 0.188. The Bertz CT molecular complexity index is 94.1. The molecule has 0 rings (SSSR count). The predicted molar refractivity (Wildman–Crippen MR) is 47.9 cm³/mol. The maximum absolute atomic E-state index is 4.93. The van der Waals surface area contributed by atoms with Crippen LogP contribution in [0.15, 0.2) is 0 Å². The fourth-order valence-corrected chi connectivity index (χ4v) is 0.996. The second-order valence-corrected chi connectivity index (χ2v) is 3.33. The van der Waals surface area contributed by atoms with E-state index in [9.17, 15) is 0 Å². The molecule has 0 radical (unpaired) electrons. The van der Waals surface area contributed by atoms with E-state index >= 15 is 0 Å². The number of nitrogens with one attached hydrogen (secondary N) is 2. The Labute approximate surface area is 69.5 Å². The summed E-state index contributed by atoms with van der Waals surface area (Å²) in [4.78, 5) is 0. The first kappa shape index (κ1) is 10.9. The molecule has 0 aromatic carbocycles. The Kier molecular flexibility index (Phi) is 5.46. The van der Waals surface area contributed by atoms with E-state index in [0.717, 1.165) is 19.7 Å². The number of likely N-dealkylation sites (N-methyl/N-ethyl adjacent to an activating group) is 1. The Morgan fingerprint density at radius 3 is 2.45 bits per heavy atom. The SMILES string of the molecule is CNCC(C)(C)NCCOC. The molecule has 0 aliphatic carbocycles. The molecule has 0 saturated carbocycles. The average molecular weight is 160 g/mol. The summed E-state index contributed by atoms with van der Waals surface area (Å²) in [5.41, 5.74) is 0.160. The number of methoxy groups -OCH3 is 1. The van der Waals surface area contributed by atoms with Gasteiger partial charge in [-0.1, -0.05) is 0 Å². The molecule has 3 nitrogen and oxygen atoms in total. The number of ether oxygens (including phenoxy) is 1. The molecule has 68 valence electrons. The predicted octanol–water partition coefficient (Wildman–Crippen LogP) is 0.220. The summed E-state index contributed by atoms with van der Waals surface area (Å²) in [5.74, 6) is 0. The first-order valence-electron chi connectivity index (χ1n) is 4.01. The van der Waals surface area contributed by atoms with Crippen molar-refractivity contribution in [1.82, 2.24) is 10.6 Å². The minimum absolute atomic E-state index is 0.160. The van der Waals surface area contributed by atoms with E-state index in [4.69, 9.17) is 4.74 Å². The van der Waals surface area contributed by atoms with Crippen LogP contribution in [0.4, 0.5) is 0 Å². The van der Waals surface area contributed by atoms with Crippen molar-refractivity contribution < 1.29 is 4.74 Å². The van der Waals surface area contributed by atoms with Gasteiger partial charge in [-0.2, -0.15) is 0 Å². The van der Waals surface area contributed by atoms with Gasteiger partial charge in [0.2, 0.25) is 0 Å². The van der Waals surface area contributed by atoms with Crippen molar-refractivity contribution in [1.29, 1.82) is 0 Å². The van der Waals surface area contributed by atoms with Gasteiger partial charge in [0.05, 0.1) is 6.61 Å². The Morgan fingerprint density at radius 1 is 1.36 bits per heavy atom. The third-order valence-corrected chi connectivity index (χ3v) is 1.53. The van der Waals surface area contributed by atoms with E-state index in [1.54, 1.807) is 7.11 Å². The zero-order chi connectivity index (χ0) is 8.74. The second kappa shape index (κ2) is 5.52. The van der Waals surface area contributed by atoms with Crippen molar-refractivity contribution >= 4 is 0 Å². The minimum Gasteiger partial charge on any atom is -0.383 e. The number of hydrogen-bond acceptors (Lipinski definition) is 3. The van der Waals surface area contributed by atoms with Gasteiger partial charge in [0.1, 0.15) is 0 Å². The van der Waals surface area contributed by atoms with Gasteiger partial charge in [0.25, 0.3) is 0 Å². The van der Waals surface area contributed by atoms with Crippen molar-refractivity contribution in [3.8, 4) is 0 Å². The molecule has 0 bridgehead atoms. The molecule has 2 N–H and O–H groups in total. The normalized spacial score (nSPS) is 12.0. The topological polar surface area (TPSA) is 33.3 Å². The molecule has 0 aromatic rings. The second-order valence-electron chi connectivity index (χ2n) is 3.33. The lowest BCUT2D eigenvalue weighted by Crippen LogP contribution is -2.47. The van der Waals surface area contributed by atoms with Gasteiger partial charge < -0.3 is 15.4 Å². The van der Waals surface area contributed by atoms with Crippen molar-refractivity contribution in [3.63, 3.8) is 0 Å². The van der Waals surface area contributed by atoms with Crippen LogP contribution < -0.4 is 10.6 Å². The monoisotopic (exact) mass is 160 g/mol. The maximum atomic E-state index is 4.93. The van der Waals surface area contributed by atoms with Gasteiger partial charge in [-0.25, -0.2) is 0 Å². The Hall–Kier alpha value is -0.120. The molecule has 0 amide bonds. The largest absolute Gasteiger partial charge is 0.383 e. The standard InChI is InChI=1S/C8H20N2O/c1-8(2,7-9-3)10-5-6-11-4/h9-10H,5-7H2,1-4H3. The quantitative estimate of drug-likeness (QED) is 0.545. The lowest BCUT2D eigenvalue weighted by Gasteiger charge is -2.25. The van der Waals surface area contributed by atoms with Crippen LogP contribution >= 0.6 is 0 Å². The molecular formula is C8H20N2O. The number of hydrogen-bond donors (Lipinski definition) is 2. The summed E-state index contributed by atoms with van der Waals surface area (Å²) >= 11 is 0. The zero-order valence-corrected chi connectivity index (χ0v) is 8.03. The molecule has 0 fully saturated rings. The van der Waals surface area contributed by atoms with Gasteiger partial charge in [0, 0.05) is 25.7 Å².